The second-order valence-electron chi connectivity index (χ2n) is 5.64. The van der Waals surface area contributed by atoms with Crippen molar-refractivity contribution in [3.05, 3.63) is 12.5 Å². The molecule has 0 aliphatic heterocycles. The molecule has 1 aromatic heterocycles. The lowest BCUT2D eigenvalue weighted by Gasteiger charge is -2.27. The van der Waals surface area contributed by atoms with Crippen LogP contribution in [0.3, 0.4) is 0 Å². The standard InChI is InChI=1S/C13H24N4O2S/c1-2-17-9-12(15-11-17)20(18,19)16-10-13(14)7-5-3-4-6-8-13/h9,11,16H,2-8,10,14H2,1H3. The maximum absolute atomic E-state index is 12.2. The van der Waals surface area contributed by atoms with Crippen molar-refractivity contribution in [1.82, 2.24) is 14.3 Å². The highest BCUT2D eigenvalue weighted by Gasteiger charge is 2.29. The quantitative estimate of drug-likeness (QED) is 0.800. The zero-order valence-corrected chi connectivity index (χ0v) is 12.8. The number of sulfonamides is 1. The summed E-state index contributed by atoms with van der Waals surface area (Å²) in [7, 11) is -3.56. The molecule has 0 unspecified atom stereocenters. The smallest absolute Gasteiger partial charge is 0.259 e. The first kappa shape index (κ1) is 15.5. The van der Waals surface area contributed by atoms with Gasteiger partial charge in [0, 0.05) is 24.8 Å². The predicted octanol–water partition coefficient (Wildman–Crippen LogP) is 1.23. The Kier molecular flexibility index (Phi) is 4.82. The first-order valence-corrected chi connectivity index (χ1v) is 8.74. The van der Waals surface area contributed by atoms with Crippen LogP contribution in [0.4, 0.5) is 0 Å². The lowest BCUT2D eigenvalue weighted by Crippen LogP contribution is -2.49. The zero-order chi connectivity index (χ0) is 14.6. The molecule has 6 nitrogen and oxygen atoms in total. The van der Waals surface area contributed by atoms with Gasteiger partial charge in [-0.05, 0) is 19.8 Å². The SMILES string of the molecule is CCn1cnc(S(=O)(=O)NCC2(N)CCCCCC2)c1. The van der Waals surface area contributed by atoms with E-state index in [1.165, 1.54) is 19.2 Å². The summed E-state index contributed by atoms with van der Waals surface area (Å²) in [5, 5.41) is 0.0663. The van der Waals surface area contributed by atoms with Gasteiger partial charge in [-0.3, -0.25) is 0 Å². The molecule has 0 amide bonds. The highest BCUT2D eigenvalue weighted by Crippen LogP contribution is 2.24. The van der Waals surface area contributed by atoms with Crippen LogP contribution < -0.4 is 10.5 Å². The van der Waals surface area contributed by atoms with Crippen LogP contribution in [0.2, 0.25) is 0 Å². The molecule has 1 aliphatic carbocycles. The summed E-state index contributed by atoms with van der Waals surface area (Å²) >= 11 is 0. The van der Waals surface area contributed by atoms with Crippen molar-refractivity contribution in [2.24, 2.45) is 5.73 Å². The minimum Gasteiger partial charge on any atom is -0.336 e. The van der Waals surface area contributed by atoms with E-state index >= 15 is 0 Å². The monoisotopic (exact) mass is 300 g/mol. The fourth-order valence-corrected chi connectivity index (χ4v) is 3.66. The first-order chi connectivity index (χ1) is 9.45. The van der Waals surface area contributed by atoms with E-state index in [4.69, 9.17) is 5.73 Å². The molecule has 2 rings (SSSR count). The number of nitrogens with one attached hydrogen (secondary N) is 1. The van der Waals surface area contributed by atoms with Gasteiger partial charge in [-0.25, -0.2) is 18.1 Å². The summed E-state index contributed by atoms with van der Waals surface area (Å²) in [5.41, 5.74) is 5.90. The highest BCUT2D eigenvalue weighted by molar-refractivity contribution is 7.89. The summed E-state index contributed by atoms with van der Waals surface area (Å²) in [4.78, 5) is 3.94. The number of aromatic nitrogens is 2. The summed E-state index contributed by atoms with van der Waals surface area (Å²) in [6, 6.07) is 0. The lowest BCUT2D eigenvalue weighted by atomic mass is 9.92. The van der Waals surface area contributed by atoms with E-state index in [-0.39, 0.29) is 11.6 Å². The van der Waals surface area contributed by atoms with E-state index in [2.05, 4.69) is 9.71 Å². The van der Waals surface area contributed by atoms with Crippen molar-refractivity contribution in [2.45, 2.75) is 62.6 Å². The third kappa shape index (κ3) is 3.80. The van der Waals surface area contributed by atoms with Gasteiger partial charge in [0.2, 0.25) is 0 Å². The summed E-state index contributed by atoms with van der Waals surface area (Å²) < 4.78 is 28.7. The number of nitrogens with zero attached hydrogens (tertiary/aromatic N) is 2. The molecule has 1 fully saturated rings. The van der Waals surface area contributed by atoms with Crippen molar-refractivity contribution in [2.75, 3.05) is 6.54 Å². The molecular formula is C13H24N4O2S. The Balaban J connectivity index is 2.01. The molecule has 1 aliphatic rings. The van der Waals surface area contributed by atoms with Gasteiger partial charge in [0.25, 0.3) is 10.0 Å². The summed E-state index contributed by atoms with van der Waals surface area (Å²) in [6.07, 6.45) is 9.33. The fourth-order valence-electron chi connectivity index (χ4n) is 2.57. The van der Waals surface area contributed by atoms with E-state index in [9.17, 15) is 8.42 Å². The molecule has 0 atom stereocenters. The molecule has 0 bridgehead atoms. The van der Waals surface area contributed by atoms with E-state index in [0.717, 1.165) is 25.7 Å². The third-order valence-electron chi connectivity index (χ3n) is 3.96. The van der Waals surface area contributed by atoms with Crippen molar-refractivity contribution < 1.29 is 8.42 Å². The second-order valence-corrected chi connectivity index (χ2v) is 7.36. The Hall–Kier alpha value is -0.920. The molecule has 3 N–H and O–H groups in total. The Bertz CT molecular complexity index is 530. The van der Waals surface area contributed by atoms with Crippen LogP contribution in [-0.4, -0.2) is 30.1 Å². The molecule has 20 heavy (non-hydrogen) atoms. The third-order valence-corrected chi connectivity index (χ3v) is 5.25. The largest absolute Gasteiger partial charge is 0.336 e. The van der Waals surface area contributed by atoms with Gasteiger partial charge in [-0.2, -0.15) is 0 Å². The van der Waals surface area contributed by atoms with Gasteiger partial charge in [-0.15, -0.1) is 0 Å². The number of aryl methyl sites for hydroxylation is 1. The van der Waals surface area contributed by atoms with E-state index in [1.807, 2.05) is 6.92 Å². The Morgan fingerprint density at radius 3 is 2.55 bits per heavy atom. The number of hydrogen-bond donors (Lipinski definition) is 2. The second kappa shape index (κ2) is 6.24. The minimum atomic E-state index is -3.56. The van der Waals surface area contributed by atoms with Crippen LogP contribution in [-0.2, 0) is 16.6 Å². The van der Waals surface area contributed by atoms with Crippen molar-refractivity contribution >= 4 is 10.0 Å². The van der Waals surface area contributed by atoms with Gasteiger partial charge in [0.1, 0.15) is 0 Å². The summed E-state index contributed by atoms with van der Waals surface area (Å²) in [5.74, 6) is 0. The molecule has 7 heteroatoms. The molecular weight excluding hydrogens is 276 g/mol. The van der Waals surface area contributed by atoms with Crippen LogP contribution in [0.15, 0.2) is 17.6 Å². The number of hydrogen-bond acceptors (Lipinski definition) is 4. The molecule has 0 saturated heterocycles. The Morgan fingerprint density at radius 2 is 2.00 bits per heavy atom. The summed E-state index contributed by atoms with van der Waals surface area (Å²) in [6.45, 7) is 2.92. The molecule has 0 spiro atoms. The van der Waals surface area contributed by atoms with Crippen molar-refractivity contribution in [3.63, 3.8) is 0 Å². The topological polar surface area (TPSA) is 90.0 Å². The molecule has 1 aromatic rings. The van der Waals surface area contributed by atoms with Crippen LogP contribution >= 0.6 is 0 Å². The number of rotatable bonds is 5. The normalized spacial score (nSPS) is 19.7. The Labute approximate surface area is 120 Å². The fraction of sp³-hybridized carbons (Fsp3) is 0.769. The molecule has 1 heterocycles. The van der Waals surface area contributed by atoms with E-state index in [0.29, 0.717) is 6.54 Å². The van der Waals surface area contributed by atoms with Gasteiger partial charge in [-0.1, -0.05) is 25.7 Å². The minimum absolute atomic E-state index is 0.0663. The van der Waals surface area contributed by atoms with Crippen LogP contribution in [0.25, 0.3) is 0 Å². The zero-order valence-electron chi connectivity index (χ0n) is 12.0. The van der Waals surface area contributed by atoms with Crippen LogP contribution in [0.5, 0.6) is 0 Å². The number of imidazole rings is 1. The van der Waals surface area contributed by atoms with Gasteiger partial charge >= 0.3 is 0 Å². The van der Waals surface area contributed by atoms with Gasteiger partial charge in [0.05, 0.1) is 6.33 Å². The maximum Gasteiger partial charge on any atom is 0.259 e. The average molecular weight is 300 g/mol. The van der Waals surface area contributed by atoms with Gasteiger partial charge < -0.3 is 10.3 Å². The average Bonchev–Trinajstić information content (AvgIpc) is 2.81. The van der Waals surface area contributed by atoms with E-state index < -0.39 is 15.6 Å². The molecule has 0 aromatic carbocycles. The van der Waals surface area contributed by atoms with Crippen molar-refractivity contribution in [3.8, 4) is 0 Å². The van der Waals surface area contributed by atoms with Crippen LogP contribution in [0.1, 0.15) is 45.4 Å². The molecule has 114 valence electrons. The predicted molar refractivity (Wildman–Crippen MR) is 77.7 cm³/mol. The number of nitrogens with two attached hydrogens (primary N) is 1. The van der Waals surface area contributed by atoms with Crippen LogP contribution in [0, 0.1) is 0 Å². The van der Waals surface area contributed by atoms with Crippen molar-refractivity contribution in [1.29, 1.82) is 0 Å². The Morgan fingerprint density at radius 1 is 1.35 bits per heavy atom. The maximum atomic E-state index is 12.2. The lowest BCUT2D eigenvalue weighted by molar-refractivity contribution is 0.369. The van der Waals surface area contributed by atoms with Gasteiger partial charge in [0.15, 0.2) is 5.03 Å². The molecule has 0 radical (unpaired) electrons. The van der Waals surface area contributed by atoms with E-state index in [1.54, 1.807) is 10.8 Å². The highest BCUT2D eigenvalue weighted by atomic mass is 32.2. The first-order valence-electron chi connectivity index (χ1n) is 7.25. The molecule has 1 saturated carbocycles.